The van der Waals surface area contributed by atoms with Crippen LogP contribution in [-0.2, 0) is 30.6 Å². The van der Waals surface area contributed by atoms with Crippen molar-refractivity contribution in [2.45, 2.75) is 75.1 Å². The van der Waals surface area contributed by atoms with Crippen LogP contribution in [-0.4, -0.2) is 65.9 Å². The van der Waals surface area contributed by atoms with E-state index < -0.39 is 68.3 Å². The molecule has 0 aromatic heterocycles. The Morgan fingerprint density at radius 3 is 2.45 bits per heavy atom. The second kappa shape index (κ2) is 12.2. The lowest BCUT2D eigenvalue weighted by Crippen LogP contribution is -2.64. The van der Waals surface area contributed by atoms with E-state index in [1.54, 1.807) is 0 Å². The van der Waals surface area contributed by atoms with Crippen molar-refractivity contribution in [3.63, 3.8) is 0 Å². The Balaban J connectivity index is 1.87. The van der Waals surface area contributed by atoms with Gasteiger partial charge < -0.3 is 10.4 Å². The van der Waals surface area contributed by atoms with E-state index in [4.69, 9.17) is 5.39 Å². The van der Waals surface area contributed by atoms with Crippen molar-refractivity contribution in [2.75, 3.05) is 6.54 Å². The van der Waals surface area contributed by atoms with Gasteiger partial charge in [-0.25, -0.2) is 13.4 Å². The molecule has 0 bridgehead atoms. The quantitative estimate of drug-likeness (QED) is 0.311. The van der Waals surface area contributed by atoms with E-state index in [2.05, 4.69) is 15.0 Å². The van der Waals surface area contributed by atoms with Crippen molar-refractivity contribution in [3.8, 4) is 0 Å². The van der Waals surface area contributed by atoms with Gasteiger partial charge in [0, 0.05) is 13.0 Å². The van der Waals surface area contributed by atoms with Crippen LogP contribution in [0.1, 0.15) is 51.5 Å². The Bertz CT molecular complexity index is 1310. The van der Waals surface area contributed by atoms with E-state index in [0.717, 1.165) is 28.4 Å². The highest BCUT2D eigenvalue weighted by molar-refractivity contribution is 7.89. The molecule has 3 N–H and O–H groups in total. The number of alkyl halides is 3. The minimum Gasteiger partial charge on any atom is -0.504 e. The van der Waals surface area contributed by atoms with Crippen LogP contribution in [0.15, 0.2) is 41.1 Å². The van der Waals surface area contributed by atoms with Gasteiger partial charge in [0.05, 0.1) is 16.5 Å². The minimum absolute atomic E-state index is 0.00669. The molecule has 1 aromatic carbocycles. The number of diazo groups is 1. The average molecular weight is 588 g/mol. The maximum Gasteiger partial charge on any atom is 0.416 e. The standard InChI is InChI=1S/C24H29F3N6O6S/c1-14(2)12-18(20(34)13-29-28)30-22(36)19-4-3-11-32-21(35)10-9-17(23(37)33(19)32)31-40(38,39)16-7-5-15(6-8-16)24(25,26)27/h5-8,13-14,17-19,31H,3-4,9-12H2,1-2H3,(H-,30,34,36)/p+1/b20-13-/t17-,18-,19-/m0/s1. The highest BCUT2D eigenvalue weighted by Gasteiger charge is 2.45. The zero-order chi connectivity index (χ0) is 29.8. The van der Waals surface area contributed by atoms with E-state index in [9.17, 15) is 41.1 Å². The topological polar surface area (TPSA) is 164 Å². The normalized spacial score (nSPS) is 21.5. The number of benzene rings is 1. The molecule has 218 valence electrons. The molecular formula is C24H30F3N6O6S+. The third-order valence-electron chi connectivity index (χ3n) is 6.52. The zero-order valence-corrected chi connectivity index (χ0v) is 22.6. The number of aliphatic hydroxyl groups excluding tert-OH is 1. The van der Waals surface area contributed by atoms with Gasteiger partial charge in [-0.05, 0) is 55.9 Å². The summed E-state index contributed by atoms with van der Waals surface area (Å²) >= 11 is 0. The molecule has 2 heterocycles. The van der Waals surface area contributed by atoms with Crippen molar-refractivity contribution >= 4 is 27.7 Å². The second-order valence-corrected chi connectivity index (χ2v) is 11.7. The predicted octanol–water partition coefficient (Wildman–Crippen LogP) is 2.66. The first-order chi connectivity index (χ1) is 18.7. The first kappa shape index (κ1) is 30.8. The van der Waals surface area contributed by atoms with Crippen LogP contribution in [0, 0.1) is 11.3 Å². The summed E-state index contributed by atoms with van der Waals surface area (Å²) < 4.78 is 66.8. The smallest absolute Gasteiger partial charge is 0.416 e. The Labute approximate surface area is 228 Å². The van der Waals surface area contributed by atoms with E-state index in [0.29, 0.717) is 18.6 Å². The fraction of sp³-hybridized carbons (Fsp3) is 0.542. The van der Waals surface area contributed by atoms with Crippen LogP contribution >= 0.6 is 0 Å². The lowest BCUT2D eigenvalue weighted by atomic mass is 10.0. The van der Waals surface area contributed by atoms with Gasteiger partial charge in [-0.15, -0.1) is 0 Å². The number of fused-ring (bicyclic) bond motifs is 1. The third-order valence-corrected chi connectivity index (χ3v) is 8.01. The van der Waals surface area contributed by atoms with Crippen LogP contribution in [0.5, 0.6) is 0 Å². The number of nitrogens with one attached hydrogen (secondary N) is 2. The molecule has 0 spiro atoms. The van der Waals surface area contributed by atoms with E-state index in [-0.39, 0.29) is 38.1 Å². The summed E-state index contributed by atoms with van der Waals surface area (Å²) in [4.78, 5) is 42.1. The first-order valence-electron chi connectivity index (χ1n) is 12.5. The molecule has 2 saturated heterocycles. The molecule has 12 nitrogen and oxygen atoms in total. The number of hydrogen-bond acceptors (Lipinski definition) is 7. The molecule has 0 saturated carbocycles. The molecule has 2 aliphatic heterocycles. The molecule has 2 aliphatic rings. The second-order valence-electron chi connectivity index (χ2n) is 9.95. The number of carbonyl (C=O) groups is 3. The number of hydrogen-bond donors (Lipinski definition) is 3. The largest absolute Gasteiger partial charge is 0.504 e. The lowest BCUT2D eigenvalue weighted by molar-refractivity contribution is -0.176. The molecule has 1 aromatic rings. The summed E-state index contributed by atoms with van der Waals surface area (Å²) in [7, 11) is -4.48. The molecule has 0 aliphatic carbocycles. The number of halogens is 3. The summed E-state index contributed by atoms with van der Waals surface area (Å²) in [6, 6.07) is -0.964. The lowest BCUT2D eigenvalue weighted by Gasteiger charge is -2.43. The van der Waals surface area contributed by atoms with Crippen LogP contribution in [0.25, 0.3) is 4.98 Å². The molecule has 2 fully saturated rings. The van der Waals surface area contributed by atoms with Gasteiger partial charge in [0.15, 0.2) is 4.98 Å². The number of aliphatic hydroxyl groups is 1. The fourth-order valence-electron chi connectivity index (χ4n) is 4.60. The van der Waals surface area contributed by atoms with Gasteiger partial charge in [-0.2, -0.15) is 17.9 Å². The maximum absolute atomic E-state index is 13.6. The number of carbonyl (C=O) groups excluding carboxylic acids is 3. The van der Waals surface area contributed by atoms with Crippen molar-refractivity contribution in [2.24, 2.45) is 5.92 Å². The summed E-state index contributed by atoms with van der Waals surface area (Å²) in [6.45, 7) is 3.77. The summed E-state index contributed by atoms with van der Waals surface area (Å²) in [5, 5.41) is 23.6. The Morgan fingerprint density at radius 2 is 1.88 bits per heavy atom. The van der Waals surface area contributed by atoms with Gasteiger partial charge in [0.1, 0.15) is 12.1 Å². The molecule has 3 atom stereocenters. The molecule has 3 amide bonds. The molecule has 40 heavy (non-hydrogen) atoms. The van der Waals surface area contributed by atoms with Crippen LogP contribution < -0.4 is 10.0 Å². The van der Waals surface area contributed by atoms with Crippen molar-refractivity contribution in [1.82, 2.24) is 20.1 Å². The Hall–Kier alpha value is -3.71. The van der Waals surface area contributed by atoms with E-state index in [1.165, 1.54) is 0 Å². The van der Waals surface area contributed by atoms with Crippen LogP contribution in [0.2, 0.25) is 0 Å². The number of nitrogens with zero attached hydrogens (tertiary/aromatic N) is 4. The number of sulfonamides is 1. The van der Waals surface area contributed by atoms with Gasteiger partial charge in [0.2, 0.25) is 33.0 Å². The highest BCUT2D eigenvalue weighted by Crippen LogP contribution is 2.30. The molecular weight excluding hydrogens is 557 g/mol. The van der Waals surface area contributed by atoms with Crippen molar-refractivity contribution in [1.29, 1.82) is 5.39 Å². The maximum atomic E-state index is 13.6. The molecule has 0 unspecified atom stereocenters. The minimum atomic E-state index is -4.67. The summed E-state index contributed by atoms with van der Waals surface area (Å²) in [6.07, 6.45) is -3.64. The Morgan fingerprint density at radius 1 is 1.23 bits per heavy atom. The zero-order valence-electron chi connectivity index (χ0n) is 21.8. The first-order valence-corrected chi connectivity index (χ1v) is 14.0. The van der Waals surface area contributed by atoms with Gasteiger partial charge in [0.25, 0.3) is 5.91 Å². The van der Waals surface area contributed by atoms with Gasteiger partial charge >= 0.3 is 12.4 Å². The molecule has 3 rings (SSSR count). The highest BCUT2D eigenvalue weighted by atomic mass is 32.2. The number of amides is 3. The number of rotatable bonds is 8. The SMILES string of the molecule is CC(C)C[C@H](NC(=O)[C@@H]1CCCN2C(=O)CC[C@H](NS(=O)(=O)c3ccc(C(F)(F)F)cc3)C(=O)N12)/C(O)=C/[N+]#N. The fourth-order valence-corrected chi connectivity index (χ4v) is 5.83. The van der Waals surface area contributed by atoms with E-state index >= 15 is 0 Å². The van der Waals surface area contributed by atoms with Gasteiger partial charge in [-0.3, -0.25) is 19.4 Å². The summed E-state index contributed by atoms with van der Waals surface area (Å²) in [5.74, 6) is -2.56. The third kappa shape index (κ3) is 7.07. The molecule has 0 radical (unpaired) electrons. The number of hydrazine groups is 1. The molecule has 16 heteroatoms. The monoisotopic (exact) mass is 587 g/mol. The summed E-state index contributed by atoms with van der Waals surface area (Å²) in [5.41, 5.74) is -1.05. The van der Waals surface area contributed by atoms with E-state index in [1.807, 2.05) is 13.8 Å². The average Bonchev–Trinajstić information content (AvgIpc) is 2.99. The van der Waals surface area contributed by atoms with Crippen LogP contribution in [0.4, 0.5) is 13.2 Å². The van der Waals surface area contributed by atoms with Gasteiger partial charge in [-0.1, -0.05) is 13.8 Å². The van der Waals surface area contributed by atoms with Crippen molar-refractivity contribution in [3.05, 3.63) is 46.8 Å². The Kier molecular flexibility index (Phi) is 9.41. The van der Waals surface area contributed by atoms with Crippen molar-refractivity contribution < 1.29 is 41.1 Å². The van der Waals surface area contributed by atoms with Crippen LogP contribution in [0.3, 0.4) is 0 Å². The predicted molar refractivity (Wildman–Crippen MR) is 134 cm³/mol.